The van der Waals surface area contributed by atoms with Crippen LogP contribution in [0.25, 0.3) is 0 Å². The van der Waals surface area contributed by atoms with Crippen LogP contribution in [0.15, 0.2) is 18.2 Å². The predicted octanol–water partition coefficient (Wildman–Crippen LogP) is 2.05. The minimum atomic E-state index is 0.330. The van der Waals surface area contributed by atoms with Crippen molar-refractivity contribution in [1.82, 2.24) is 5.32 Å². The summed E-state index contributed by atoms with van der Waals surface area (Å²) in [7, 11) is 0. The highest BCUT2D eigenvalue weighted by Crippen LogP contribution is 2.29. The lowest BCUT2D eigenvalue weighted by Gasteiger charge is -2.30. The van der Waals surface area contributed by atoms with Gasteiger partial charge in [0.1, 0.15) is 0 Å². The SMILES string of the molecule is Nc1ccc(NCCC2CNCCO2)cc1N1CCCCC1. The first-order valence-corrected chi connectivity index (χ1v) is 8.53. The maximum atomic E-state index is 6.17. The molecular formula is C17H28N4O. The van der Waals surface area contributed by atoms with E-state index in [-0.39, 0.29) is 0 Å². The van der Waals surface area contributed by atoms with E-state index in [0.717, 1.165) is 57.1 Å². The number of hydrogen-bond donors (Lipinski definition) is 3. The van der Waals surface area contributed by atoms with E-state index < -0.39 is 0 Å². The van der Waals surface area contributed by atoms with Gasteiger partial charge in [0, 0.05) is 38.4 Å². The molecule has 0 aliphatic carbocycles. The van der Waals surface area contributed by atoms with Crippen LogP contribution in [-0.4, -0.2) is 45.4 Å². The van der Waals surface area contributed by atoms with Gasteiger partial charge in [-0.15, -0.1) is 0 Å². The molecule has 0 spiro atoms. The van der Waals surface area contributed by atoms with Gasteiger partial charge >= 0.3 is 0 Å². The van der Waals surface area contributed by atoms with Gasteiger partial charge in [-0.1, -0.05) is 0 Å². The van der Waals surface area contributed by atoms with Crippen molar-refractivity contribution in [2.24, 2.45) is 0 Å². The van der Waals surface area contributed by atoms with E-state index in [2.05, 4.69) is 27.7 Å². The number of nitrogens with one attached hydrogen (secondary N) is 2. The van der Waals surface area contributed by atoms with Gasteiger partial charge in [0.05, 0.1) is 24.1 Å². The molecule has 0 radical (unpaired) electrons. The number of rotatable bonds is 5. The maximum absolute atomic E-state index is 6.17. The molecule has 2 aliphatic heterocycles. The number of nitrogen functional groups attached to an aromatic ring is 1. The van der Waals surface area contributed by atoms with Crippen LogP contribution >= 0.6 is 0 Å². The lowest BCUT2D eigenvalue weighted by molar-refractivity contribution is 0.0258. The number of hydrogen-bond acceptors (Lipinski definition) is 5. The third-order valence-electron chi connectivity index (χ3n) is 4.53. The maximum Gasteiger partial charge on any atom is 0.0716 e. The number of nitrogens with two attached hydrogens (primary N) is 1. The number of morpholine rings is 1. The summed E-state index contributed by atoms with van der Waals surface area (Å²) in [5.41, 5.74) is 9.38. The first-order chi connectivity index (χ1) is 10.8. The van der Waals surface area contributed by atoms with Gasteiger partial charge in [0.2, 0.25) is 0 Å². The summed E-state index contributed by atoms with van der Waals surface area (Å²) < 4.78 is 5.72. The van der Waals surface area contributed by atoms with E-state index in [0.29, 0.717) is 6.10 Å². The van der Waals surface area contributed by atoms with Crippen LogP contribution in [0, 0.1) is 0 Å². The van der Waals surface area contributed by atoms with Crippen molar-refractivity contribution in [1.29, 1.82) is 0 Å². The lowest BCUT2D eigenvalue weighted by atomic mass is 10.1. The zero-order chi connectivity index (χ0) is 15.2. The number of piperidine rings is 1. The molecule has 5 nitrogen and oxygen atoms in total. The number of nitrogens with zero attached hydrogens (tertiary/aromatic N) is 1. The fourth-order valence-electron chi connectivity index (χ4n) is 3.24. The van der Waals surface area contributed by atoms with Gasteiger partial charge in [-0.05, 0) is 43.9 Å². The van der Waals surface area contributed by atoms with Crippen LogP contribution in [0.1, 0.15) is 25.7 Å². The Labute approximate surface area is 133 Å². The van der Waals surface area contributed by atoms with E-state index in [1.165, 1.54) is 24.9 Å². The third kappa shape index (κ3) is 4.05. The third-order valence-corrected chi connectivity index (χ3v) is 4.53. The lowest BCUT2D eigenvalue weighted by Crippen LogP contribution is -2.39. The molecule has 4 N–H and O–H groups in total. The highest BCUT2D eigenvalue weighted by Gasteiger charge is 2.15. The quantitative estimate of drug-likeness (QED) is 0.727. The molecule has 2 aliphatic rings. The van der Waals surface area contributed by atoms with Crippen LogP contribution in [0.3, 0.4) is 0 Å². The second-order valence-corrected chi connectivity index (χ2v) is 6.23. The zero-order valence-corrected chi connectivity index (χ0v) is 13.3. The normalized spacial score (nSPS) is 22.5. The Morgan fingerprint density at radius 3 is 2.91 bits per heavy atom. The molecule has 2 heterocycles. The summed E-state index contributed by atoms with van der Waals surface area (Å²) in [5.74, 6) is 0. The minimum absolute atomic E-state index is 0.330. The van der Waals surface area contributed by atoms with Crippen molar-refractivity contribution in [3.05, 3.63) is 18.2 Å². The van der Waals surface area contributed by atoms with Crippen LogP contribution in [0.5, 0.6) is 0 Å². The summed E-state index contributed by atoms with van der Waals surface area (Å²) in [6, 6.07) is 6.29. The smallest absolute Gasteiger partial charge is 0.0716 e. The molecule has 0 saturated carbocycles. The zero-order valence-electron chi connectivity index (χ0n) is 13.3. The van der Waals surface area contributed by atoms with Crippen molar-refractivity contribution in [3.63, 3.8) is 0 Å². The van der Waals surface area contributed by atoms with Gasteiger partial charge in [0.25, 0.3) is 0 Å². The van der Waals surface area contributed by atoms with Gasteiger partial charge in [-0.25, -0.2) is 0 Å². The molecule has 122 valence electrons. The fraction of sp³-hybridized carbons (Fsp3) is 0.647. The van der Waals surface area contributed by atoms with Gasteiger partial charge in [-0.2, -0.15) is 0 Å². The molecule has 0 aromatic heterocycles. The monoisotopic (exact) mass is 304 g/mol. The van der Waals surface area contributed by atoms with Crippen LogP contribution in [-0.2, 0) is 4.74 Å². The van der Waals surface area contributed by atoms with Crippen LogP contribution in [0.2, 0.25) is 0 Å². The van der Waals surface area contributed by atoms with E-state index in [4.69, 9.17) is 10.5 Å². The first-order valence-electron chi connectivity index (χ1n) is 8.53. The molecule has 1 unspecified atom stereocenters. The average Bonchev–Trinajstić information content (AvgIpc) is 2.58. The Hall–Kier alpha value is -1.46. The molecule has 2 fully saturated rings. The minimum Gasteiger partial charge on any atom is -0.397 e. The standard InChI is InChI=1S/C17H28N4O/c18-16-5-4-14(12-17(16)21-9-2-1-3-10-21)20-7-6-15-13-19-8-11-22-15/h4-5,12,15,19-20H,1-3,6-11,13,18H2. The van der Waals surface area contributed by atoms with Gasteiger partial charge in [-0.3, -0.25) is 0 Å². The van der Waals surface area contributed by atoms with E-state index in [9.17, 15) is 0 Å². The second kappa shape index (κ2) is 7.70. The fourth-order valence-corrected chi connectivity index (χ4v) is 3.24. The molecule has 0 bridgehead atoms. The Kier molecular flexibility index (Phi) is 5.40. The molecule has 1 atom stereocenters. The largest absolute Gasteiger partial charge is 0.397 e. The molecule has 22 heavy (non-hydrogen) atoms. The summed E-state index contributed by atoms with van der Waals surface area (Å²) in [5, 5.41) is 6.88. The topological polar surface area (TPSA) is 62.6 Å². The van der Waals surface area contributed by atoms with Crippen molar-refractivity contribution >= 4 is 17.1 Å². The van der Waals surface area contributed by atoms with Crippen molar-refractivity contribution < 1.29 is 4.74 Å². The van der Waals surface area contributed by atoms with E-state index in [1.54, 1.807) is 0 Å². The molecule has 1 aromatic carbocycles. The average molecular weight is 304 g/mol. The highest BCUT2D eigenvalue weighted by molar-refractivity contribution is 5.73. The Balaban J connectivity index is 1.54. The second-order valence-electron chi connectivity index (χ2n) is 6.23. The Bertz CT molecular complexity index is 468. The van der Waals surface area contributed by atoms with Crippen molar-refractivity contribution in [2.75, 3.05) is 55.3 Å². The molecule has 5 heteroatoms. The van der Waals surface area contributed by atoms with E-state index in [1.807, 2.05) is 6.07 Å². The summed E-state index contributed by atoms with van der Waals surface area (Å²) in [6.07, 6.45) is 5.23. The number of ether oxygens (including phenoxy) is 1. The predicted molar refractivity (Wildman–Crippen MR) is 92.6 cm³/mol. The van der Waals surface area contributed by atoms with E-state index >= 15 is 0 Å². The Morgan fingerprint density at radius 1 is 1.27 bits per heavy atom. The molecule has 3 rings (SSSR count). The number of benzene rings is 1. The molecule has 1 aromatic rings. The van der Waals surface area contributed by atoms with Crippen LogP contribution in [0.4, 0.5) is 17.1 Å². The first kappa shape index (κ1) is 15.4. The Morgan fingerprint density at radius 2 is 2.14 bits per heavy atom. The van der Waals surface area contributed by atoms with Crippen molar-refractivity contribution in [2.45, 2.75) is 31.8 Å². The molecule has 2 saturated heterocycles. The molecule has 0 amide bonds. The van der Waals surface area contributed by atoms with Gasteiger partial charge in [0.15, 0.2) is 0 Å². The summed E-state index contributed by atoms with van der Waals surface area (Å²) in [4.78, 5) is 2.41. The highest BCUT2D eigenvalue weighted by atomic mass is 16.5. The molecular weight excluding hydrogens is 276 g/mol. The summed E-state index contributed by atoms with van der Waals surface area (Å²) >= 11 is 0. The van der Waals surface area contributed by atoms with Crippen molar-refractivity contribution in [3.8, 4) is 0 Å². The van der Waals surface area contributed by atoms with Gasteiger partial charge < -0.3 is 26.0 Å². The summed E-state index contributed by atoms with van der Waals surface area (Å²) in [6.45, 7) is 5.93. The number of anilines is 3. The van der Waals surface area contributed by atoms with Crippen LogP contribution < -0.4 is 21.3 Å².